The normalized spacial score (nSPS) is 16.4. The van der Waals surface area contributed by atoms with Gasteiger partial charge in [-0.2, -0.15) is 68.3 Å². The fraction of sp³-hybridized carbons (Fsp3) is 0.523. The molecule has 0 unspecified atom stereocenters. The van der Waals surface area contributed by atoms with E-state index in [9.17, 15) is 5.11 Å². The molecule has 6 aromatic heterocycles. The van der Waals surface area contributed by atoms with Crippen LogP contribution in [-0.4, -0.2) is 32.2 Å². The zero-order valence-corrected chi connectivity index (χ0v) is 92.1. The van der Waals surface area contributed by atoms with Crippen molar-refractivity contribution in [3.05, 3.63) is 243 Å². The molecule has 6 aliphatic carbocycles. The Labute approximate surface area is 793 Å². The number of halogens is 2. The van der Waals surface area contributed by atoms with Crippen molar-refractivity contribution in [1.82, 2.24) is 29.9 Å². The Hall–Kier alpha value is -5.59. The minimum absolute atomic E-state index is 0.0956. The molecule has 0 atom stereocenters. The predicted octanol–water partition coefficient (Wildman–Crippen LogP) is 30.1. The van der Waals surface area contributed by atoms with Crippen LogP contribution in [0.2, 0.25) is 18.1 Å². The van der Waals surface area contributed by atoms with Gasteiger partial charge in [0.2, 0.25) is 0 Å². The van der Waals surface area contributed by atoms with Gasteiger partial charge in [-0.25, -0.2) is 0 Å². The van der Waals surface area contributed by atoms with Crippen LogP contribution in [0.1, 0.15) is 300 Å². The van der Waals surface area contributed by atoms with Gasteiger partial charge in [-0.1, -0.05) is 177 Å². The molecule has 0 amide bonds. The van der Waals surface area contributed by atoms with Crippen molar-refractivity contribution in [3.8, 4) is 22.6 Å². The molecule has 6 heterocycles. The standard InChI is InChI=1S/C26H34Br2O2Si.C12H17N.C10H15N.C8H9N.6C6H8N.3C5H10.3Mo/c1-26(2,3)31(4,5)30-25-21(28)15-17-11-7-9-13-19(17)23(25)22-18-12-8-6-10-16(18)14-20(27)24(22)29;1-8(2)10-6-5-7-11(9(3)4)12(10)13;11-10-4-7-1-8(5-10)3-9(2-7)6-10;1-6-4-3-5-7(2)8(6)9;6*1-5-3-4-6(2)7-5;3*1-5(2,3)4;;;/h14-15,29H,6-13H2,1-5H3;5-9H,1-4H3;7-9H,1-6H2;3-5H,1-2H3;6*3-4H,1-2H3;3*1H,2-4H3;;;/q;;;;6*-1;;;;3*+2. The van der Waals surface area contributed by atoms with Gasteiger partial charge in [-0.05, 0) is 136 Å². The van der Waals surface area contributed by atoms with Gasteiger partial charge < -0.3 is 39.4 Å². The fourth-order valence-corrected chi connectivity index (χ4v) is 23.6. The summed E-state index contributed by atoms with van der Waals surface area (Å²) in [4.78, 5) is 24.7. The van der Waals surface area contributed by atoms with Crippen LogP contribution in [0.4, 0.5) is 11.4 Å². The van der Waals surface area contributed by atoms with E-state index in [0.29, 0.717) is 34.0 Å². The van der Waals surface area contributed by atoms with Gasteiger partial charge in [0.1, 0.15) is 11.5 Å². The molecule has 0 aliphatic heterocycles. The third-order valence-corrected chi connectivity index (χ3v) is 36.7. The molecule has 16 rings (SSSR count). The topological polar surface area (TPSA) is 151 Å². The van der Waals surface area contributed by atoms with Crippen molar-refractivity contribution in [1.29, 1.82) is 0 Å². The molecule has 0 radical (unpaired) electrons. The van der Waals surface area contributed by atoms with Crippen LogP contribution in [0.3, 0.4) is 0 Å². The van der Waals surface area contributed by atoms with Gasteiger partial charge in [0.05, 0.1) is 8.95 Å². The number of phenolic OH excluding ortho intramolecular Hbond substituents is 1. The first-order valence-electron chi connectivity index (χ1n) is 45.1. The molecule has 6 aliphatic rings. The van der Waals surface area contributed by atoms with Crippen molar-refractivity contribution in [2.75, 3.05) is 0 Å². The number of rotatable bonds is 8. The number of fused-ring (bicyclic) bond motifs is 2. The Balaban J connectivity index is 0.000000225. The third-order valence-electron chi connectivity index (χ3n) is 22.6. The van der Waals surface area contributed by atoms with Crippen molar-refractivity contribution in [2.45, 2.75) is 333 Å². The number of aromatic nitrogens is 6. The summed E-state index contributed by atoms with van der Waals surface area (Å²) in [6, 6.07) is 41.5. The summed E-state index contributed by atoms with van der Waals surface area (Å²) >= 11 is 6.56. The predicted molar refractivity (Wildman–Crippen MR) is 530 cm³/mol. The van der Waals surface area contributed by atoms with E-state index in [2.05, 4.69) is 261 Å². The molecule has 0 saturated heterocycles. The first-order chi connectivity index (χ1) is 57.8. The molecular formula is C107H153Br2Mo3N9O2Si. The summed E-state index contributed by atoms with van der Waals surface area (Å²) in [5.41, 5.74) is 30.3. The molecule has 4 fully saturated rings. The number of aryl methyl sites for hydroxylation is 16. The van der Waals surface area contributed by atoms with E-state index in [4.69, 9.17) is 14.9 Å². The average Bonchev–Trinajstić information content (AvgIpc) is 0.765. The van der Waals surface area contributed by atoms with E-state index < -0.39 is 26.2 Å². The van der Waals surface area contributed by atoms with Crippen LogP contribution in [0.25, 0.3) is 11.1 Å². The number of hydrogen-bond acceptors (Lipinski definition) is 5. The molecule has 4 aromatic carbocycles. The molecular weight excluding hydrogens is 1920 g/mol. The Morgan fingerprint density at radius 1 is 0.411 bits per heavy atom. The van der Waals surface area contributed by atoms with Crippen LogP contribution < -0.4 is 34.3 Å². The summed E-state index contributed by atoms with van der Waals surface area (Å²) in [5, 5.41) is 11.5. The first kappa shape index (κ1) is 107. The van der Waals surface area contributed by atoms with Crippen LogP contribution >= 0.6 is 31.9 Å². The summed E-state index contributed by atoms with van der Waals surface area (Å²) in [7, 11) is -2.08. The number of aromatic hydroxyl groups is 1. The van der Waals surface area contributed by atoms with E-state index in [1.165, 1.54) is 120 Å². The molecule has 674 valence electrons. The quantitative estimate of drug-likeness (QED) is 0.148. The van der Waals surface area contributed by atoms with E-state index >= 15 is 0 Å². The number of nitrogens with zero attached hydrogens (tertiary/aromatic N) is 9. The molecule has 17 heteroatoms. The van der Waals surface area contributed by atoms with Crippen molar-refractivity contribution >= 4 is 64.8 Å². The molecule has 10 aromatic rings. The second-order valence-corrected chi connectivity index (χ2v) is 51.7. The van der Waals surface area contributed by atoms with Crippen molar-refractivity contribution < 1.29 is 63.3 Å². The van der Waals surface area contributed by atoms with E-state index in [1.54, 1.807) is 0 Å². The summed E-state index contributed by atoms with van der Waals surface area (Å²) in [6.07, 6.45) is 18.0. The average molecular weight is 2070 g/mol. The molecule has 124 heavy (non-hydrogen) atoms. The molecule has 11 nitrogen and oxygen atoms in total. The molecule has 4 bridgehead atoms. The van der Waals surface area contributed by atoms with Crippen LogP contribution in [0.5, 0.6) is 11.5 Å². The first-order valence-corrected chi connectivity index (χ1v) is 55.8. The number of benzene rings is 4. The molecule has 0 spiro atoms. The maximum absolute atomic E-state index is 11.4. The zero-order chi connectivity index (χ0) is 92.4. The SMILES string of the molecule is CC(C)(C)[CH]=[Mo+2]=[N]C12CC3CC(CC(C3)C1)C2.CC(C)(C)[Si](C)(C)Oc1c(Br)cc2c(c1-c1c(O)c(Br)cc3c1CCCC3)CCCC2.CC(C)c1cccc(C(C)C)c1[N]=[Mo+2]=[CH]C(C)(C)C.Cc1ccc(C)[n-]1.Cc1ccc(C)[n-]1.Cc1ccc(C)[n-]1.Cc1ccc(C)[n-]1.Cc1ccc(C)[n-]1.Cc1ccc(C)[n-]1.Cc1cccc(C)c1[N]=[Mo+2]=[CH]C(C)(C)C. The summed E-state index contributed by atoms with van der Waals surface area (Å²) < 4.78 is 31.2. The molecule has 4 saturated carbocycles. The van der Waals surface area contributed by atoms with Gasteiger partial charge >= 0.3 is 341 Å². The zero-order valence-electron chi connectivity index (χ0n) is 81.9. The van der Waals surface area contributed by atoms with Crippen LogP contribution in [-0.2, 0) is 79.4 Å². The van der Waals surface area contributed by atoms with Gasteiger partial charge in [-0.3, -0.25) is 0 Å². The second-order valence-electron chi connectivity index (χ2n) is 40.6. The van der Waals surface area contributed by atoms with E-state index in [-0.39, 0.29) is 46.3 Å². The van der Waals surface area contributed by atoms with Gasteiger partial charge in [-0.15, -0.1) is 0 Å². The van der Waals surface area contributed by atoms with Gasteiger partial charge in [0, 0.05) is 11.1 Å². The Bertz CT molecular complexity index is 4740. The monoisotopic (exact) mass is 2080 g/mol. The van der Waals surface area contributed by atoms with Gasteiger partial charge in [0.15, 0.2) is 0 Å². The van der Waals surface area contributed by atoms with Crippen LogP contribution in [0, 0.1) is 131 Å². The van der Waals surface area contributed by atoms with Gasteiger partial charge in [0.25, 0.3) is 8.32 Å². The number of hydrogen-bond donors (Lipinski definition) is 1. The van der Waals surface area contributed by atoms with E-state index in [1.807, 2.05) is 156 Å². The second kappa shape index (κ2) is 49.4. The van der Waals surface area contributed by atoms with Crippen LogP contribution in [0.15, 0.2) is 141 Å². The van der Waals surface area contributed by atoms with Crippen molar-refractivity contribution in [2.24, 2.45) is 44.5 Å². The Morgan fingerprint density at radius 2 is 0.702 bits per heavy atom. The summed E-state index contributed by atoms with van der Waals surface area (Å²) in [6.45, 7) is 69.1. The molecule has 1 N–H and O–H groups in total. The minimum atomic E-state index is -2.08. The number of phenols is 1. The van der Waals surface area contributed by atoms with E-state index in [0.717, 1.165) is 138 Å². The summed E-state index contributed by atoms with van der Waals surface area (Å²) in [5.74, 6) is 5.53. The fourth-order valence-electron chi connectivity index (χ4n) is 15.8. The Kier molecular flexibility index (Phi) is 42.7. The Morgan fingerprint density at radius 3 is 1.00 bits per heavy atom. The third kappa shape index (κ3) is 36.7. The maximum atomic E-state index is 11.4. The van der Waals surface area contributed by atoms with Crippen molar-refractivity contribution in [3.63, 3.8) is 0 Å².